The van der Waals surface area contributed by atoms with Gasteiger partial charge in [0.25, 0.3) is 0 Å². The van der Waals surface area contributed by atoms with Crippen molar-refractivity contribution in [2.45, 2.75) is 44.6 Å². The summed E-state index contributed by atoms with van der Waals surface area (Å²) in [5.74, 6) is 0.657. The minimum atomic E-state index is -0.153. The molecule has 4 nitrogen and oxygen atoms in total. The fourth-order valence-electron chi connectivity index (χ4n) is 3.98. The first-order chi connectivity index (χ1) is 9.20. The van der Waals surface area contributed by atoms with Crippen LogP contribution in [0.4, 0.5) is 0 Å². The lowest BCUT2D eigenvalue weighted by molar-refractivity contribution is -0.145. The van der Waals surface area contributed by atoms with Gasteiger partial charge in [-0.3, -0.25) is 4.79 Å². The highest BCUT2D eigenvalue weighted by Crippen LogP contribution is 2.41. The highest BCUT2D eigenvalue weighted by molar-refractivity contribution is 5.87. The molecular formula is C15H25NO3. The minimum Gasteiger partial charge on any atom is -0.378 e. The maximum Gasteiger partial charge on any atom is 0.143 e. The molecule has 0 aromatic carbocycles. The lowest BCUT2D eigenvalue weighted by Gasteiger charge is -2.39. The van der Waals surface area contributed by atoms with Crippen molar-refractivity contribution >= 4 is 5.78 Å². The molecule has 3 rings (SSSR count). The fourth-order valence-corrected chi connectivity index (χ4v) is 3.98. The first kappa shape index (κ1) is 13.5. The topological polar surface area (TPSA) is 47.6 Å². The van der Waals surface area contributed by atoms with Gasteiger partial charge >= 0.3 is 0 Å². The van der Waals surface area contributed by atoms with Crippen LogP contribution in [0.1, 0.15) is 39.0 Å². The molecule has 0 aromatic rings. The molecule has 3 aliphatic heterocycles. The number of ether oxygens (including phenoxy) is 2. The Kier molecular flexibility index (Phi) is 3.67. The Labute approximate surface area is 115 Å². The van der Waals surface area contributed by atoms with Crippen molar-refractivity contribution < 1.29 is 14.3 Å². The molecule has 0 radical (unpaired) electrons. The molecule has 1 spiro atoms. The van der Waals surface area contributed by atoms with E-state index >= 15 is 0 Å². The second-order valence-electron chi connectivity index (χ2n) is 6.45. The SMILES string of the molecule is CCC1(C(=O)C2CCOC3(CCOC3)C2)CCNC1. The van der Waals surface area contributed by atoms with E-state index in [1.165, 1.54) is 0 Å². The number of nitrogens with one attached hydrogen (secondary N) is 1. The summed E-state index contributed by atoms with van der Waals surface area (Å²) < 4.78 is 11.4. The highest BCUT2D eigenvalue weighted by atomic mass is 16.6. The van der Waals surface area contributed by atoms with Crippen LogP contribution in [0.25, 0.3) is 0 Å². The highest BCUT2D eigenvalue weighted by Gasteiger charge is 2.48. The number of hydrogen-bond donors (Lipinski definition) is 1. The minimum absolute atomic E-state index is 0.108. The molecule has 3 fully saturated rings. The third-order valence-corrected chi connectivity index (χ3v) is 5.37. The first-order valence-corrected chi connectivity index (χ1v) is 7.66. The first-order valence-electron chi connectivity index (χ1n) is 7.66. The van der Waals surface area contributed by atoms with Crippen LogP contribution in [-0.2, 0) is 14.3 Å². The van der Waals surface area contributed by atoms with E-state index in [1.54, 1.807) is 0 Å². The Morgan fingerprint density at radius 2 is 2.26 bits per heavy atom. The van der Waals surface area contributed by atoms with Crippen LogP contribution >= 0.6 is 0 Å². The van der Waals surface area contributed by atoms with E-state index in [4.69, 9.17) is 9.47 Å². The largest absolute Gasteiger partial charge is 0.378 e. The van der Waals surface area contributed by atoms with E-state index < -0.39 is 0 Å². The van der Waals surface area contributed by atoms with E-state index in [0.29, 0.717) is 19.0 Å². The van der Waals surface area contributed by atoms with Gasteiger partial charge in [-0.2, -0.15) is 0 Å². The van der Waals surface area contributed by atoms with Crippen molar-refractivity contribution in [3.05, 3.63) is 0 Å². The summed E-state index contributed by atoms with van der Waals surface area (Å²) in [6, 6.07) is 0. The second kappa shape index (κ2) is 5.15. The molecule has 0 saturated carbocycles. The van der Waals surface area contributed by atoms with E-state index in [1.807, 2.05) is 0 Å². The molecule has 4 heteroatoms. The van der Waals surface area contributed by atoms with Gasteiger partial charge in [0.2, 0.25) is 0 Å². The molecule has 0 aliphatic carbocycles. The van der Waals surface area contributed by atoms with Crippen molar-refractivity contribution in [1.29, 1.82) is 0 Å². The number of ketones is 1. The molecule has 0 aromatic heterocycles. The summed E-state index contributed by atoms with van der Waals surface area (Å²) in [4.78, 5) is 13.0. The zero-order valence-corrected chi connectivity index (χ0v) is 11.9. The van der Waals surface area contributed by atoms with Crippen LogP contribution in [0.3, 0.4) is 0 Å². The number of Topliss-reactive ketones (excluding diaryl/α,β-unsaturated/α-hetero) is 1. The van der Waals surface area contributed by atoms with Gasteiger partial charge in [0.15, 0.2) is 0 Å². The van der Waals surface area contributed by atoms with Crippen molar-refractivity contribution in [2.24, 2.45) is 11.3 Å². The number of carbonyl (C=O) groups excluding carboxylic acids is 1. The van der Waals surface area contributed by atoms with Crippen LogP contribution in [-0.4, -0.2) is 44.3 Å². The van der Waals surface area contributed by atoms with Crippen LogP contribution in [0.2, 0.25) is 0 Å². The summed E-state index contributed by atoms with van der Waals surface area (Å²) in [5, 5.41) is 3.37. The summed E-state index contributed by atoms with van der Waals surface area (Å²) in [6.45, 7) is 6.17. The number of hydrogen-bond acceptors (Lipinski definition) is 4. The number of rotatable bonds is 3. The van der Waals surface area contributed by atoms with Gasteiger partial charge in [-0.15, -0.1) is 0 Å². The molecule has 3 atom stereocenters. The summed E-state index contributed by atoms with van der Waals surface area (Å²) in [7, 11) is 0. The Bertz CT molecular complexity index is 343. The molecule has 3 saturated heterocycles. The maximum absolute atomic E-state index is 13.0. The van der Waals surface area contributed by atoms with E-state index in [9.17, 15) is 4.79 Å². The van der Waals surface area contributed by atoms with Gasteiger partial charge in [0.05, 0.1) is 12.2 Å². The third kappa shape index (κ3) is 2.34. The molecule has 0 bridgehead atoms. The molecule has 3 aliphatic rings. The van der Waals surface area contributed by atoms with Gasteiger partial charge in [-0.05, 0) is 32.2 Å². The standard InChI is InChI=1S/C15H25NO3/c1-2-14(4-6-16-10-14)13(17)12-3-7-19-15(9-12)5-8-18-11-15/h12,16H,2-11H2,1H3. The lowest BCUT2D eigenvalue weighted by atomic mass is 9.70. The van der Waals surface area contributed by atoms with Gasteiger partial charge in [-0.1, -0.05) is 6.92 Å². The van der Waals surface area contributed by atoms with Crippen molar-refractivity contribution in [1.82, 2.24) is 5.32 Å². The monoisotopic (exact) mass is 267 g/mol. The van der Waals surface area contributed by atoms with Crippen LogP contribution in [0.15, 0.2) is 0 Å². The Morgan fingerprint density at radius 1 is 1.37 bits per heavy atom. The third-order valence-electron chi connectivity index (χ3n) is 5.37. The van der Waals surface area contributed by atoms with Crippen molar-refractivity contribution in [3.8, 4) is 0 Å². The number of carbonyl (C=O) groups is 1. The maximum atomic E-state index is 13.0. The molecule has 1 N–H and O–H groups in total. The summed E-state index contributed by atoms with van der Waals surface area (Å²) in [6.07, 6.45) is 4.67. The van der Waals surface area contributed by atoms with Crippen LogP contribution in [0.5, 0.6) is 0 Å². The molecule has 3 unspecified atom stereocenters. The van der Waals surface area contributed by atoms with Crippen LogP contribution < -0.4 is 5.32 Å². The smallest absolute Gasteiger partial charge is 0.143 e. The molecule has 19 heavy (non-hydrogen) atoms. The predicted octanol–water partition coefficient (Wildman–Crippen LogP) is 1.53. The van der Waals surface area contributed by atoms with Gasteiger partial charge in [0, 0.05) is 37.5 Å². The predicted molar refractivity (Wildman–Crippen MR) is 72.1 cm³/mol. The quantitative estimate of drug-likeness (QED) is 0.842. The summed E-state index contributed by atoms with van der Waals surface area (Å²) in [5.41, 5.74) is -0.262. The molecule has 108 valence electrons. The average Bonchev–Trinajstić information content (AvgIpc) is 3.08. The molecule has 0 amide bonds. The normalized spacial score (nSPS) is 42.9. The molecular weight excluding hydrogens is 242 g/mol. The van der Waals surface area contributed by atoms with Crippen LogP contribution in [0, 0.1) is 11.3 Å². The van der Waals surface area contributed by atoms with E-state index in [2.05, 4.69) is 12.2 Å². The van der Waals surface area contributed by atoms with Gasteiger partial charge in [0.1, 0.15) is 5.78 Å². The van der Waals surface area contributed by atoms with E-state index in [-0.39, 0.29) is 16.9 Å². The average molecular weight is 267 g/mol. The van der Waals surface area contributed by atoms with Gasteiger partial charge in [-0.25, -0.2) is 0 Å². The van der Waals surface area contributed by atoms with Gasteiger partial charge < -0.3 is 14.8 Å². The second-order valence-corrected chi connectivity index (χ2v) is 6.45. The Hall–Kier alpha value is -0.450. The Balaban J connectivity index is 1.72. The van der Waals surface area contributed by atoms with E-state index in [0.717, 1.165) is 51.8 Å². The van der Waals surface area contributed by atoms with Crippen molar-refractivity contribution in [3.63, 3.8) is 0 Å². The summed E-state index contributed by atoms with van der Waals surface area (Å²) >= 11 is 0. The van der Waals surface area contributed by atoms with Crippen molar-refractivity contribution in [2.75, 3.05) is 32.9 Å². The fraction of sp³-hybridized carbons (Fsp3) is 0.933. The Morgan fingerprint density at radius 3 is 2.89 bits per heavy atom. The zero-order chi connectivity index (χ0) is 13.3. The zero-order valence-electron chi connectivity index (χ0n) is 11.9. The molecule has 3 heterocycles. The lowest BCUT2D eigenvalue weighted by Crippen LogP contribution is -2.46.